The summed E-state index contributed by atoms with van der Waals surface area (Å²) in [5.41, 5.74) is 0.430. The van der Waals surface area contributed by atoms with E-state index >= 15 is 0 Å². The number of aliphatic carboxylic acids is 1. The predicted molar refractivity (Wildman–Crippen MR) is 93.3 cm³/mol. The van der Waals surface area contributed by atoms with Gasteiger partial charge in [0.2, 0.25) is 0 Å². The summed E-state index contributed by atoms with van der Waals surface area (Å²) >= 11 is 0. The normalized spacial score (nSPS) is 11.2. The average molecular weight is 371 g/mol. The molecule has 8 nitrogen and oxygen atoms in total. The Morgan fingerprint density at radius 1 is 0.889 bits per heavy atom. The van der Waals surface area contributed by atoms with Gasteiger partial charge in [-0.1, -0.05) is 30.3 Å². The molecule has 0 spiro atoms. The molecule has 0 fully saturated rings. The number of hydrogen-bond donors (Lipinski definition) is 2. The molecule has 0 radical (unpaired) electrons. The van der Waals surface area contributed by atoms with E-state index in [0.29, 0.717) is 5.56 Å². The van der Waals surface area contributed by atoms with Gasteiger partial charge in [-0.05, 0) is 23.8 Å². The lowest BCUT2D eigenvalue weighted by Gasteiger charge is -2.16. The summed E-state index contributed by atoms with van der Waals surface area (Å²) < 4.78 is 9.89. The van der Waals surface area contributed by atoms with Crippen LogP contribution in [-0.2, 0) is 14.4 Å². The van der Waals surface area contributed by atoms with Crippen LogP contribution in [-0.4, -0.2) is 28.9 Å². The van der Waals surface area contributed by atoms with Crippen LogP contribution in [0.25, 0.3) is 0 Å². The maximum Gasteiger partial charge on any atom is 0.330 e. The number of amides is 1. The highest BCUT2D eigenvalue weighted by molar-refractivity contribution is 5.97. The van der Waals surface area contributed by atoms with Crippen molar-refractivity contribution in [3.8, 4) is 11.5 Å². The smallest absolute Gasteiger partial charge is 0.330 e. The van der Waals surface area contributed by atoms with E-state index in [2.05, 4.69) is 5.32 Å². The topological polar surface area (TPSA) is 119 Å². The molecular formula is C19H17NO7. The molecule has 0 aliphatic rings. The molecule has 27 heavy (non-hydrogen) atoms. The van der Waals surface area contributed by atoms with E-state index in [-0.39, 0.29) is 17.1 Å². The van der Waals surface area contributed by atoms with Crippen LogP contribution in [0, 0.1) is 0 Å². The maximum absolute atomic E-state index is 12.5. The highest BCUT2D eigenvalue weighted by atomic mass is 16.6. The van der Waals surface area contributed by atoms with Gasteiger partial charge in [0.1, 0.15) is 0 Å². The number of ether oxygens (including phenoxy) is 2. The van der Waals surface area contributed by atoms with Gasteiger partial charge >= 0.3 is 17.9 Å². The van der Waals surface area contributed by atoms with Gasteiger partial charge < -0.3 is 19.9 Å². The Kier molecular flexibility index (Phi) is 6.27. The van der Waals surface area contributed by atoms with Crippen LogP contribution in [0.15, 0.2) is 48.5 Å². The van der Waals surface area contributed by atoms with Crippen LogP contribution in [0.2, 0.25) is 0 Å². The van der Waals surface area contributed by atoms with E-state index in [9.17, 15) is 24.3 Å². The zero-order valence-corrected chi connectivity index (χ0v) is 14.6. The molecule has 2 N–H and O–H groups in total. The van der Waals surface area contributed by atoms with Gasteiger partial charge in [0.05, 0.1) is 0 Å². The van der Waals surface area contributed by atoms with Crippen molar-refractivity contribution in [1.29, 1.82) is 0 Å². The summed E-state index contributed by atoms with van der Waals surface area (Å²) in [4.78, 5) is 46.4. The lowest BCUT2D eigenvalue weighted by atomic mass is 10.1. The number of nitrogens with one attached hydrogen (secondary N) is 1. The highest BCUT2D eigenvalue weighted by Crippen LogP contribution is 2.29. The number of carbonyl (C=O) groups excluding carboxylic acids is 3. The minimum atomic E-state index is -1.26. The number of carboxylic acids is 1. The molecular weight excluding hydrogens is 354 g/mol. The number of esters is 2. The number of rotatable bonds is 6. The van der Waals surface area contributed by atoms with Crippen LogP contribution in [0.5, 0.6) is 11.5 Å². The van der Waals surface area contributed by atoms with E-state index in [0.717, 1.165) is 6.92 Å². The Hall–Kier alpha value is -3.68. The van der Waals surface area contributed by atoms with Crippen LogP contribution in [0.3, 0.4) is 0 Å². The zero-order chi connectivity index (χ0) is 20.0. The van der Waals surface area contributed by atoms with E-state index in [1.54, 1.807) is 30.3 Å². The van der Waals surface area contributed by atoms with Gasteiger partial charge in [-0.25, -0.2) is 4.79 Å². The minimum absolute atomic E-state index is 0.0318. The molecule has 0 aliphatic carbocycles. The SMILES string of the molecule is CC(=O)Oc1ccc(C(=O)NC(C(=O)O)c2ccccc2)cc1OC(C)=O. The zero-order valence-electron chi connectivity index (χ0n) is 14.6. The quantitative estimate of drug-likeness (QED) is 0.589. The lowest BCUT2D eigenvalue weighted by molar-refractivity contribution is -0.139. The molecule has 2 aromatic rings. The third-order valence-corrected chi connectivity index (χ3v) is 3.37. The van der Waals surface area contributed by atoms with Crippen LogP contribution >= 0.6 is 0 Å². The predicted octanol–water partition coefficient (Wildman–Crippen LogP) is 2.09. The number of carboxylic acid groups (broad SMARTS) is 1. The highest BCUT2D eigenvalue weighted by Gasteiger charge is 2.23. The van der Waals surface area contributed by atoms with Gasteiger partial charge in [0.25, 0.3) is 5.91 Å². The molecule has 1 atom stereocenters. The Morgan fingerprint density at radius 2 is 1.48 bits per heavy atom. The van der Waals surface area contributed by atoms with Crippen molar-refractivity contribution in [2.45, 2.75) is 19.9 Å². The van der Waals surface area contributed by atoms with E-state index < -0.39 is 29.9 Å². The minimum Gasteiger partial charge on any atom is -0.479 e. The standard InChI is InChI=1S/C19H17NO7/c1-11(21)26-15-9-8-14(10-16(15)27-12(2)22)18(23)20-17(19(24)25)13-6-4-3-5-7-13/h3-10,17H,1-2H3,(H,20,23)(H,24,25). The van der Waals surface area contributed by atoms with Gasteiger partial charge in [0, 0.05) is 19.4 Å². The molecule has 2 rings (SSSR count). The largest absolute Gasteiger partial charge is 0.479 e. The maximum atomic E-state index is 12.5. The Morgan fingerprint density at radius 3 is 2.04 bits per heavy atom. The summed E-state index contributed by atoms with van der Waals surface area (Å²) in [5, 5.41) is 11.8. The van der Waals surface area contributed by atoms with Crippen LogP contribution < -0.4 is 14.8 Å². The van der Waals surface area contributed by atoms with Gasteiger partial charge in [-0.15, -0.1) is 0 Å². The fraction of sp³-hybridized carbons (Fsp3) is 0.158. The first kappa shape index (κ1) is 19.6. The van der Waals surface area contributed by atoms with Crippen molar-refractivity contribution >= 4 is 23.8 Å². The number of benzene rings is 2. The first-order chi connectivity index (χ1) is 12.8. The molecule has 0 saturated heterocycles. The number of hydrogen-bond acceptors (Lipinski definition) is 6. The Balaban J connectivity index is 2.30. The Bertz CT molecular complexity index is 877. The second-order valence-corrected chi connectivity index (χ2v) is 5.50. The molecule has 2 aromatic carbocycles. The van der Waals surface area contributed by atoms with E-state index in [4.69, 9.17) is 9.47 Å². The summed E-state index contributed by atoms with van der Waals surface area (Å²) in [6.45, 7) is 2.33. The van der Waals surface area contributed by atoms with E-state index in [1.807, 2.05) is 0 Å². The van der Waals surface area contributed by atoms with Gasteiger partial charge in [-0.2, -0.15) is 0 Å². The summed E-state index contributed by atoms with van der Waals surface area (Å²) in [6.07, 6.45) is 0. The average Bonchev–Trinajstić information content (AvgIpc) is 2.60. The fourth-order valence-electron chi connectivity index (χ4n) is 2.27. The molecule has 1 amide bonds. The molecule has 140 valence electrons. The second kappa shape index (κ2) is 8.61. The lowest BCUT2D eigenvalue weighted by Crippen LogP contribution is -2.33. The molecule has 0 bridgehead atoms. The third-order valence-electron chi connectivity index (χ3n) is 3.37. The van der Waals surface area contributed by atoms with Crippen molar-refractivity contribution in [3.63, 3.8) is 0 Å². The monoisotopic (exact) mass is 371 g/mol. The van der Waals surface area contributed by atoms with Crippen molar-refractivity contribution in [3.05, 3.63) is 59.7 Å². The van der Waals surface area contributed by atoms with Crippen molar-refractivity contribution < 1.29 is 33.8 Å². The second-order valence-electron chi connectivity index (χ2n) is 5.50. The van der Waals surface area contributed by atoms with Gasteiger partial charge in [0.15, 0.2) is 17.5 Å². The molecule has 0 heterocycles. The summed E-state index contributed by atoms with van der Waals surface area (Å²) in [6, 6.07) is 10.7. The first-order valence-electron chi connectivity index (χ1n) is 7.87. The van der Waals surface area contributed by atoms with Crippen LogP contribution in [0.1, 0.15) is 35.8 Å². The van der Waals surface area contributed by atoms with Crippen molar-refractivity contribution in [2.75, 3.05) is 0 Å². The van der Waals surface area contributed by atoms with Crippen molar-refractivity contribution in [1.82, 2.24) is 5.32 Å². The Labute approximate surface area is 154 Å². The number of carbonyl (C=O) groups is 4. The van der Waals surface area contributed by atoms with Crippen molar-refractivity contribution in [2.24, 2.45) is 0 Å². The fourth-order valence-corrected chi connectivity index (χ4v) is 2.27. The molecule has 0 aliphatic heterocycles. The molecule has 8 heteroatoms. The molecule has 0 aromatic heterocycles. The summed E-state index contributed by atoms with van der Waals surface area (Å²) in [5.74, 6) is -3.39. The van der Waals surface area contributed by atoms with E-state index in [1.165, 1.54) is 25.1 Å². The summed E-state index contributed by atoms with van der Waals surface area (Å²) in [7, 11) is 0. The first-order valence-corrected chi connectivity index (χ1v) is 7.87. The van der Waals surface area contributed by atoms with Crippen LogP contribution in [0.4, 0.5) is 0 Å². The molecule has 0 saturated carbocycles. The third kappa shape index (κ3) is 5.40. The van der Waals surface area contributed by atoms with Gasteiger partial charge in [-0.3, -0.25) is 14.4 Å². The molecule has 1 unspecified atom stereocenters.